The molecule has 0 saturated carbocycles. The van der Waals surface area contributed by atoms with E-state index in [0.717, 1.165) is 6.08 Å². The van der Waals surface area contributed by atoms with Gasteiger partial charge in [-0.3, -0.25) is 4.79 Å². The first-order valence-corrected chi connectivity index (χ1v) is 5.12. The lowest BCUT2D eigenvalue weighted by atomic mass is 10.1. The third-order valence-corrected chi connectivity index (χ3v) is 2.38. The maximum Gasteiger partial charge on any atom is 0.264 e. The molecule has 3 nitrogen and oxygen atoms in total. The summed E-state index contributed by atoms with van der Waals surface area (Å²) in [7, 11) is 3.02. The van der Waals surface area contributed by atoms with E-state index in [9.17, 15) is 9.18 Å². The number of benzene rings is 1. The fourth-order valence-electron chi connectivity index (χ4n) is 1.18. The van der Waals surface area contributed by atoms with Gasteiger partial charge in [0, 0.05) is 19.7 Å². The molecule has 0 fully saturated rings. The first-order chi connectivity index (χ1) is 7.97. The van der Waals surface area contributed by atoms with E-state index in [0.29, 0.717) is 0 Å². The molecule has 1 aromatic rings. The molecule has 0 unspecified atom stereocenters. The zero-order chi connectivity index (χ0) is 13.0. The van der Waals surface area contributed by atoms with E-state index in [2.05, 4.69) is 0 Å². The fraction of sp³-hybridized carbons (Fsp3) is 0.167. The number of amides is 1. The van der Waals surface area contributed by atoms with Crippen molar-refractivity contribution in [2.75, 3.05) is 14.1 Å². The highest BCUT2D eigenvalue weighted by molar-refractivity contribution is 6.32. The highest BCUT2D eigenvalue weighted by atomic mass is 35.5. The molecule has 0 radical (unpaired) electrons. The minimum absolute atomic E-state index is 0.0425. The Kier molecular flexibility index (Phi) is 4.24. The van der Waals surface area contributed by atoms with Gasteiger partial charge in [-0.15, -0.1) is 0 Å². The molecular weight excluding hydrogens is 243 g/mol. The second kappa shape index (κ2) is 5.46. The number of carbonyl (C=O) groups is 1. The Labute approximate surface area is 104 Å². The zero-order valence-electron chi connectivity index (χ0n) is 9.37. The van der Waals surface area contributed by atoms with Crippen LogP contribution in [-0.2, 0) is 4.79 Å². The highest BCUT2D eigenvalue weighted by Gasteiger charge is 2.13. The lowest BCUT2D eigenvalue weighted by Crippen LogP contribution is -2.22. The summed E-state index contributed by atoms with van der Waals surface area (Å²) >= 11 is 5.80. The lowest BCUT2D eigenvalue weighted by Gasteiger charge is -2.09. The van der Waals surface area contributed by atoms with Gasteiger partial charge >= 0.3 is 0 Å². The van der Waals surface area contributed by atoms with Crippen LogP contribution in [0, 0.1) is 17.1 Å². The number of carbonyl (C=O) groups excluding carboxylic acids is 1. The van der Waals surface area contributed by atoms with Gasteiger partial charge in [0.2, 0.25) is 0 Å². The average molecular weight is 253 g/mol. The zero-order valence-corrected chi connectivity index (χ0v) is 10.1. The van der Waals surface area contributed by atoms with E-state index in [-0.39, 0.29) is 16.2 Å². The SMILES string of the molecule is CN(C)C(=O)/C(C#N)=C\c1c(F)cccc1Cl. The van der Waals surface area contributed by atoms with Gasteiger partial charge in [-0.05, 0) is 18.2 Å². The van der Waals surface area contributed by atoms with Crippen molar-refractivity contribution in [1.82, 2.24) is 4.90 Å². The molecule has 0 N–H and O–H groups in total. The van der Waals surface area contributed by atoms with Crippen LogP contribution in [0.3, 0.4) is 0 Å². The molecule has 0 heterocycles. The summed E-state index contributed by atoms with van der Waals surface area (Å²) in [5.74, 6) is -1.07. The van der Waals surface area contributed by atoms with Gasteiger partial charge in [0.25, 0.3) is 5.91 Å². The molecule has 88 valence electrons. The fourth-order valence-corrected chi connectivity index (χ4v) is 1.39. The van der Waals surface area contributed by atoms with Crippen molar-refractivity contribution in [3.8, 4) is 6.07 Å². The molecule has 0 saturated heterocycles. The molecule has 0 aliphatic rings. The summed E-state index contributed by atoms with van der Waals surface area (Å²) in [6, 6.07) is 5.89. The van der Waals surface area contributed by atoms with Crippen LogP contribution in [0.15, 0.2) is 23.8 Å². The molecule has 17 heavy (non-hydrogen) atoms. The van der Waals surface area contributed by atoms with E-state index in [4.69, 9.17) is 16.9 Å². The summed E-state index contributed by atoms with van der Waals surface area (Å²) in [5.41, 5.74) is -0.122. The second-order valence-corrected chi connectivity index (χ2v) is 3.91. The number of likely N-dealkylation sites (N-methyl/N-ethyl adjacent to an activating group) is 1. The minimum atomic E-state index is -0.572. The molecule has 0 spiro atoms. The van der Waals surface area contributed by atoms with Crippen LogP contribution in [0.1, 0.15) is 5.56 Å². The van der Waals surface area contributed by atoms with Crippen molar-refractivity contribution in [3.63, 3.8) is 0 Å². The van der Waals surface area contributed by atoms with Crippen molar-refractivity contribution >= 4 is 23.6 Å². The molecule has 1 amide bonds. The topological polar surface area (TPSA) is 44.1 Å². The van der Waals surface area contributed by atoms with Crippen LogP contribution in [0.5, 0.6) is 0 Å². The van der Waals surface area contributed by atoms with E-state index in [1.165, 1.54) is 37.2 Å². The van der Waals surface area contributed by atoms with Crippen LogP contribution < -0.4 is 0 Å². The van der Waals surface area contributed by atoms with Crippen LogP contribution in [0.25, 0.3) is 6.08 Å². The summed E-state index contributed by atoms with van der Waals surface area (Å²) in [4.78, 5) is 12.8. The van der Waals surface area contributed by atoms with Gasteiger partial charge in [-0.1, -0.05) is 17.7 Å². The van der Waals surface area contributed by atoms with Crippen LogP contribution >= 0.6 is 11.6 Å². The minimum Gasteiger partial charge on any atom is -0.344 e. The third kappa shape index (κ3) is 3.05. The van der Waals surface area contributed by atoms with Crippen LogP contribution in [0.2, 0.25) is 5.02 Å². The second-order valence-electron chi connectivity index (χ2n) is 3.50. The first kappa shape index (κ1) is 13.2. The van der Waals surface area contributed by atoms with Gasteiger partial charge in [-0.25, -0.2) is 4.39 Å². The van der Waals surface area contributed by atoms with Crippen molar-refractivity contribution in [1.29, 1.82) is 5.26 Å². The maximum absolute atomic E-state index is 13.4. The monoisotopic (exact) mass is 252 g/mol. The first-order valence-electron chi connectivity index (χ1n) is 4.75. The molecule has 0 aromatic heterocycles. The largest absolute Gasteiger partial charge is 0.344 e. The Morgan fingerprint density at radius 1 is 1.53 bits per heavy atom. The predicted molar refractivity (Wildman–Crippen MR) is 63.7 cm³/mol. The Morgan fingerprint density at radius 2 is 2.18 bits per heavy atom. The Hall–Kier alpha value is -1.86. The number of halogens is 2. The summed E-state index contributed by atoms with van der Waals surface area (Å²) < 4.78 is 13.4. The maximum atomic E-state index is 13.4. The molecule has 0 aliphatic heterocycles. The highest BCUT2D eigenvalue weighted by Crippen LogP contribution is 2.22. The molecule has 0 bridgehead atoms. The number of hydrogen-bond donors (Lipinski definition) is 0. The van der Waals surface area contributed by atoms with E-state index in [1.54, 1.807) is 6.07 Å². The van der Waals surface area contributed by atoms with Gasteiger partial charge in [0.05, 0.1) is 5.02 Å². The molecule has 1 aromatic carbocycles. The van der Waals surface area contributed by atoms with Gasteiger partial charge in [0.1, 0.15) is 17.5 Å². The van der Waals surface area contributed by atoms with Gasteiger partial charge < -0.3 is 4.90 Å². The number of hydrogen-bond acceptors (Lipinski definition) is 2. The standard InChI is InChI=1S/C12H10ClFN2O/c1-16(2)12(17)8(7-15)6-9-10(13)4-3-5-11(9)14/h3-6H,1-2H3/b8-6-. The van der Waals surface area contributed by atoms with Crippen LogP contribution in [0.4, 0.5) is 4.39 Å². The Bertz CT molecular complexity index is 497. The van der Waals surface area contributed by atoms with Crippen molar-refractivity contribution in [2.45, 2.75) is 0 Å². The Morgan fingerprint density at radius 3 is 2.65 bits per heavy atom. The van der Waals surface area contributed by atoms with Gasteiger partial charge in [0.15, 0.2) is 0 Å². The number of rotatable bonds is 2. The number of nitrogens with zero attached hydrogens (tertiary/aromatic N) is 2. The molecule has 0 aliphatic carbocycles. The Balaban J connectivity index is 3.26. The smallest absolute Gasteiger partial charge is 0.264 e. The van der Waals surface area contributed by atoms with E-state index >= 15 is 0 Å². The van der Waals surface area contributed by atoms with Gasteiger partial charge in [-0.2, -0.15) is 5.26 Å². The molecule has 0 atom stereocenters. The van der Waals surface area contributed by atoms with E-state index < -0.39 is 11.7 Å². The average Bonchev–Trinajstić information content (AvgIpc) is 2.28. The van der Waals surface area contributed by atoms with Crippen LogP contribution in [-0.4, -0.2) is 24.9 Å². The van der Waals surface area contributed by atoms with Crippen molar-refractivity contribution in [2.24, 2.45) is 0 Å². The third-order valence-electron chi connectivity index (χ3n) is 2.05. The van der Waals surface area contributed by atoms with E-state index in [1.807, 2.05) is 0 Å². The normalized spacial score (nSPS) is 10.9. The lowest BCUT2D eigenvalue weighted by molar-refractivity contribution is -0.124. The van der Waals surface area contributed by atoms with Crippen molar-refractivity contribution in [3.05, 3.63) is 40.2 Å². The molecule has 5 heteroatoms. The predicted octanol–water partition coefficient (Wildman–Crippen LogP) is 2.47. The van der Waals surface area contributed by atoms with Crippen molar-refractivity contribution < 1.29 is 9.18 Å². The summed E-state index contributed by atoms with van der Waals surface area (Å²) in [5, 5.41) is 9.01. The summed E-state index contributed by atoms with van der Waals surface area (Å²) in [6.07, 6.45) is 1.15. The summed E-state index contributed by atoms with van der Waals surface area (Å²) in [6.45, 7) is 0. The molecule has 1 rings (SSSR count). The number of nitriles is 1. The molecular formula is C12H10ClFN2O. The quantitative estimate of drug-likeness (QED) is 0.600.